The van der Waals surface area contributed by atoms with Crippen LogP contribution in [0.5, 0.6) is 5.88 Å². The van der Waals surface area contributed by atoms with Crippen molar-refractivity contribution in [1.29, 1.82) is 0 Å². The van der Waals surface area contributed by atoms with Gasteiger partial charge in [-0.2, -0.15) is 0 Å². The maximum atomic E-state index is 5.07. The molecule has 0 N–H and O–H groups in total. The standard InChI is InChI=1S/C14H18N2O/c1-5-14(2,3)10-6-7-11-12(8-10)15-9-13(16-11)17-4/h6-9H,5H2,1-4H3. The fourth-order valence-electron chi connectivity index (χ4n) is 1.72. The Labute approximate surface area is 102 Å². The first-order valence-corrected chi connectivity index (χ1v) is 5.88. The first kappa shape index (κ1) is 11.8. The molecule has 1 heterocycles. The van der Waals surface area contributed by atoms with E-state index in [2.05, 4.69) is 42.9 Å². The minimum absolute atomic E-state index is 0.176. The highest BCUT2D eigenvalue weighted by Crippen LogP contribution is 2.28. The van der Waals surface area contributed by atoms with Crippen molar-refractivity contribution in [2.45, 2.75) is 32.6 Å². The molecule has 2 aromatic rings. The van der Waals surface area contributed by atoms with Gasteiger partial charge in [-0.15, -0.1) is 0 Å². The molecule has 0 fully saturated rings. The van der Waals surface area contributed by atoms with Crippen molar-refractivity contribution >= 4 is 11.0 Å². The van der Waals surface area contributed by atoms with E-state index < -0.39 is 0 Å². The summed E-state index contributed by atoms with van der Waals surface area (Å²) >= 11 is 0. The SMILES string of the molecule is CCC(C)(C)c1ccc2nc(OC)cnc2c1. The third-order valence-electron chi connectivity index (χ3n) is 3.39. The van der Waals surface area contributed by atoms with Gasteiger partial charge in [0.25, 0.3) is 0 Å². The molecule has 0 saturated heterocycles. The van der Waals surface area contributed by atoms with Gasteiger partial charge in [0, 0.05) is 0 Å². The summed E-state index contributed by atoms with van der Waals surface area (Å²) in [7, 11) is 1.60. The van der Waals surface area contributed by atoms with Gasteiger partial charge in [-0.3, -0.25) is 0 Å². The van der Waals surface area contributed by atoms with E-state index in [4.69, 9.17) is 4.74 Å². The summed E-state index contributed by atoms with van der Waals surface area (Å²) in [4.78, 5) is 8.73. The van der Waals surface area contributed by atoms with Crippen LogP contribution in [0.1, 0.15) is 32.8 Å². The molecule has 17 heavy (non-hydrogen) atoms. The second-order valence-electron chi connectivity index (χ2n) is 4.85. The van der Waals surface area contributed by atoms with Gasteiger partial charge in [0.05, 0.1) is 24.3 Å². The Hall–Kier alpha value is -1.64. The molecule has 0 bridgehead atoms. The molecule has 0 saturated carbocycles. The second kappa shape index (κ2) is 4.32. The quantitative estimate of drug-likeness (QED) is 0.811. The largest absolute Gasteiger partial charge is 0.480 e. The highest BCUT2D eigenvalue weighted by atomic mass is 16.5. The lowest BCUT2D eigenvalue weighted by molar-refractivity contribution is 0.397. The highest BCUT2D eigenvalue weighted by Gasteiger charge is 2.18. The Morgan fingerprint density at radius 2 is 2.00 bits per heavy atom. The number of methoxy groups -OCH3 is 1. The molecule has 0 aliphatic rings. The number of ether oxygens (including phenoxy) is 1. The van der Waals surface area contributed by atoms with Crippen molar-refractivity contribution in [3.05, 3.63) is 30.0 Å². The Balaban J connectivity index is 2.52. The van der Waals surface area contributed by atoms with Crippen LogP contribution in [0.2, 0.25) is 0 Å². The van der Waals surface area contributed by atoms with E-state index in [1.165, 1.54) is 5.56 Å². The number of benzene rings is 1. The fraction of sp³-hybridized carbons (Fsp3) is 0.429. The van der Waals surface area contributed by atoms with E-state index >= 15 is 0 Å². The van der Waals surface area contributed by atoms with Crippen LogP contribution in [0.15, 0.2) is 24.4 Å². The van der Waals surface area contributed by atoms with Gasteiger partial charge in [0.15, 0.2) is 0 Å². The van der Waals surface area contributed by atoms with Crippen molar-refractivity contribution in [1.82, 2.24) is 9.97 Å². The number of hydrogen-bond donors (Lipinski definition) is 0. The van der Waals surface area contributed by atoms with Gasteiger partial charge in [-0.05, 0) is 29.5 Å². The molecule has 0 radical (unpaired) electrons. The van der Waals surface area contributed by atoms with Gasteiger partial charge in [-0.1, -0.05) is 26.8 Å². The summed E-state index contributed by atoms with van der Waals surface area (Å²) in [6.07, 6.45) is 2.76. The lowest BCUT2D eigenvalue weighted by Crippen LogP contribution is -2.15. The van der Waals surface area contributed by atoms with Crippen LogP contribution in [0.25, 0.3) is 11.0 Å². The topological polar surface area (TPSA) is 35.0 Å². The van der Waals surface area contributed by atoms with Crippen LogP contribution in [0.4, 0.5) is 0 Å². The van der Waals surface area contributed by atoms with Crippen LogP contribution in [0.3, 0.4) is 0 Å². The molecular formula is C14H18N2O. The van der Waals surface area contributed by atoms with Gasteiger partial charge >= 0.3 is 0 Å². The zero-order chi connectivity index (χ0) is 12.5. The van der Waals surface area contributed by atoms with E-state index in [0.29, 0.717) is 5.88 Å². The molecule has 0 unspecified atom stereocenters. The van der Waals surface area contributed by atoms with Crippen molar-refractivity contribution in [2.75, 3.05) is 7.11 Å². The van der Waals surface area contributed by atoms with Crippen LogP contribution in [-0.4, -0.2) is 17.1 Å². The van der Waals surface area contributed by atoms with E-state index in [-0.39, 0.29) is 5.41 Å². The summed E-state index contributed by atoms with van der Waals surface area (Å²) < 4.78 is 5.07. The van der Waals surface area contributed by atoms with Crippen LogP contribution in [0, 0.1) is 0 Å². The summed E-state index contributed by atoms with van der Waals surface area (Å²) in [5.74, 6) is 0.556. The summed E-state index contributed by atoms with van der Waals surface area (Å²) in [6.45, 7) is 6.68. The fourth-order valence-corrected chi connectivity index (χ4v) is 1.72. The molecule has 1 aromatic carbocycles. The molecule has 0 atom stereocenters. The number of nitrogens with zero attached hydrogens (tertiary/aromatic N) is 2. The van der Waals surface area contributed by atoms with E-state index in [1.54, 1.807) is 13.3 Å². The average molecular weight is 230 g/mol. The van der Waals surface area contributed by atoms with Crippen molar-refractivity contribution in [2.24, 2.45) is 0 Å². The Morgan fingerprint density at radius 3 is 2.65 bits per heavy atom. The van der Waals surface area contributed by atoms with Crippen LogP contribution >= 0.6 is 0 Å². The number of hydrogen-bond acceptors (Lipinski definition) is 3. The maximum absolute atomic E-state index is 5.07. The Morgan fingerprint density at radius 1 is 1.24 bits per heavy atom. The smallest absolute Gasteiger partial charge is 0.232 e. The molecule has 1 aromatic heterocycles. The molecule has 2 rings (SSSR count). The van der Waals surface area contributed by atoms with Gasteiger partial charge in [0.1, 0.15) is 0 Å². The first-order valence-electron chi connectivity index (χ1n) is 5.88. The normalized spacial score (nSPS) is 11.8. The van der Waals surface area contributed by atoms with E-state index in [1.807, 2.05) is 6.07 Å². The summed E-state index contributed by atoms with van der Waals surface area (Å²) in [6, 6.07) is 6.25. The van der Waals surface area contributed by atoms with Gasteiger partial charge < -0.3 is 4.74 Å². The van der Waals surface area contributed by atoms with E-state index in [9.17, 15) is 0 Å². The molecule has 0 spiro atoms. The average Bonchev–Trinajstić information content (AvgIpc) is 2.37. The maximum Gasteiger partial charge on any atom is 0.232 e. The molecule has 0 aliphatic carbocycles. The number of fused-ring (bicyclic) bond motifs is 1. The molecule has 0 amide bonds. The second-order valence-corrected chi connectivity index (χ2v) is 4.85. The number of aromatic nitrogens is 2. The lowest BCUT2D eigenvalue weighted by Gasteiger charge is -2.23. The Bertz CT molecular complexity index is 535. The van der Waals surface area contributed by atoms with E-state index in [0.717, 1.165) is 17.5 Å². The predicted octanol–water partition coefficient (Wildman–Crippen LogP) is 3.33. The first-order chi connectivity index (χ1) is 8.06. The summed E-state index contributed by atoms with van der Waals surface area (Å²) in [5.41, 5.74) is 3.27. The van der Waals surface area contributed by atoms with Crippen molar-refractivity contribution in [3.8, 4) is 5.88 Å². The third-order valence-corrected chi connectivity index (χ3v) is 3.39. The monoisotopic (exact) mass is 230 g/mol. The van der Waals surface area contributed by atoms with Gasteiger partial charge in [0.2, 0.25) is 5.88 Å². The van der Waals surface area contributed by atoms with Crippen molar-refractivity contribution in [3.63, 3.8) is 0 Å². The molecule has 0 aliphatic heterocycles. The van der Waals surface area contributed by atoms with Crippen molar-refractivity contribution < 1.29 is 4.74 Å². The van der Waals surface area contributed by atoms with Crippen LogP contribution in [-0.2, 0) is 5.41 Å². The minimum Gasteiger partial charge on any atom is -0.480 e. The Kier molecular flexibility index (Phi) is 3.01. The molecular weight excluding hydrogens is 212 g/mol. The minimum atomic E-state index is 0.176. The summed E-state index contributed by atoms with van der Waals surface area (Å²) in [5, 5.41) is 0. The van der Waals surface area contributed by atoms with Crippen LogP contribution < -0.4 is 4.74 Å². The third kappa shape index (κ3) is 2.23. The van der Waals surface area contributed by atoms with Gasteiger partial charge in [-0.25, -0.2) is 9.97 Å². The zero-order valence-corrected chi connectivity index (χ0v) is 10.8. The molecule has 3 nitrogen and oxygen atoms in total. The zero-order valence-electron chi connectivity index (χ0n) is 10.8. The molecule has 90 valence electrons. The molecule has 3 heteroatoms. The predicted molar refractivity (Wildman–Crippen MR) is 69.4 cm³/mol. The highest BCUT2D eigenvalue weighted by molar-refractivity contribution is 5.75. The lowest BCUT2D eigenvalue weighted by atomic mass is 9.82. The number of rotatable bonds is 3.